The molecule has 1 aliphatic heterocycles. The summed E-state index contributed by atoms with van der Waals surface area (Å²) in [6.07, 6.45) is 3.12. The molecule has 0 unspecified atom stereocenters. The van der Waals surface area contributed by atoms with Gasteiger partial charge in [-0.3, -0.25) is 9.59 Å². The number of nitrogens with one attached hydrogen (secondary N) is 2. The van der Waals surface area contributed by atoms with Crippen LogP contribution in [0.3, 0.4) is 0 Å². The van der Waals surface area contributed by atoms with Crippen molar-refractivity contribution >= 4 is 23.2 Å². The van der Waals surface area contributed by atoms with Crippen molar-refractivity contribution in [3.63, 3.8) is 0 Å². The highest BCUT2D eigenvalue weighted by Gasteiger charge is 2.21. The minimum Gasteiger partial charge on any atom is -0.371 e. The van der Waals surface area contributed by atoms with Gasteiger partial charge in [0.25, 0.3) is 5.91 Å². The van der Waals surface area contributed by atoms with Crippen LogP contribution in [-0.2, 0) is 16.1 Å². The molecule has 0 radical (unpaired) electrons. The Balaban J connectivity index is 1.66. The lowest BCUT2D eigenvalue weighted by atomic mass is 10.1. The molecule has 0 bridgehead atoms. The second kappa shape index (κ2) is 10.8. The van der Waals surface area contributed by atoms with Crippen molar-refractivity contribution < 1.29 is 14.3 Å². The minimum atomic E-state index is -0.242. The molecular formula is C24H31N3O3. The van der Waals surface area contributed by atoms with Crippen LogP contribution < -0.4 is 15.5 Å². The first-order valence-electron chi connectivity index (χ1n) is 10.7. The molecule has 1 fully saturated rings. The Hall–Kier alpha value is -2.86. The minimum absolute atomic E-state index is 0.0445. The third-order valence-corrected chi connectivity index (χ3v) is 5.31. The monoisotopic (exact) mass is 409 g/mol. The zero-order valence-electron chi connectivity index (χ0n) is 17.8. The number of amides is 2. The summed E-state index contributed by atoms with van der Waals surface area (Å²) >= 11 is 0. The van der Waals surface area contributed by atoms with Gasteiger partial charge in [-0.25, -0.2) is 0 Å². The average molecular weight is 410 g/mol. The van der Waals surface area contributed by atoms with Crippen LogP contribution in [0, 0.1) is 0 Å². The number of carbonyl (C=O) groups is 2. The summed E-state index contributed by atoms with van der Waals surface area (Å²) in [5, 5.41) is 5.89. The van der Waals surface area contributed by atoms with Gasteiger partial charge in [-0.1, -0.05) is 37.3 Å². The predicted molar refractivity (Wildman–Crippen MR) is 120 cm³/mol. The van der Waals surface area contributed by atoms with E-state index in [1.807, 2.05) is 56.3 Å². The Morgan fingerprint density at radius 1 is 1.10 bits per heavy atom. The standard InChI is InChI=1S/C24H31N3O3/c1-3-18(2)25-24(29)21-15-20(11-12-22(21)27-13-7-8-14-27)26-23(28)17-30-16-19-9-5-4-6-10-19/h4-6,9-12,15,18H,3,7-8,13-14,16-17H2,1-2H3,(H,25,29)(H,26,28)/t18-/m1/s1. The maximum Gasteiger partial charge on any atom is 0.253 e. The van der Waals surface area contributed by atoms with E-state index in [1.54, 1.807) is 6.07 Å². The van der Waals surface area contributed by atoms with E-state index in [2.05, 4.69) is 15.5 Å². The van der Waals surface area contributed by atoms with Gasteiger partial charge in [-0.2, -0.15) is 0 Å². The molecule has 6 heteroatoms. The molecule has 2 amide bonds. The molecule has 0 aromatic heterocycles. The van der Waals surface area contributed by atoms with Crippen LogP contribution in [0.25, 0.3) is 0 Å². The van der Waals surface area contributed by atoms with E-state index < -0.39 is 0 Å². The fraction of sp³-hybridized carbons (Fsp3) is 0.417. The molecule has 0 spiro atoms. The number of hydrogen-bond acceptors (Lipinski definition) is 4. The molecule has 6 nitrogen and oxygen atoms in total. The number of hydrogen-bond donors (Lipinski definition) is 2. The lowest BCUT2D eigenvalue weighted by Gasteiger charge is -2.23. The summed E-state index contributed by atoms with van der Waals surface area (Å²) in [5.74, 6) is -0.351. The third kappa shape index (κ3) is 6.07. The van der Waals surface area contributed by atoms with E-state index in [0.717, 1.165) is 43.6 Å². The Labute approximate surface area is 178 Å². The Morgan fingerprint density at radius 3 is 2.53 bits per heavy atom. The molecule has 1 saturated heterocycles. The van der Waals surface area contributed by atoms with Crippen LogP contribution in [0.4, 0.5) is 11.4 Å². The maximum absolute atomic E-state index is 12.9. The molecule has 160 valence electrons. The van der Waals surface area contributed by atoms with Crippen LogP contribution >= 0.6 is 0 Å². The summed E-state index contributed by atoms with van der Waals surface area (Å²) < 4.78 is 5.50. The van der Waals surface area contributed by atoms with Crippen molar-refractivity contribution in [2.24, 2.45) is 0 Å². The second-order valence-corrected chi connectivity index (χ2v) is 7.74. The molecule has 30 heavy (non-hydrogen) atoms. The highest BCUT2D eigenvalue weighted by Crippen LogP contribution is 2.27. The average Bonchev–Trinajstić information content (AvgIpc) is 3.29. The van der Waals surface area contributed by atoms with E-state index in [0.29, 0.717) is 17.9 Å². The van der Waals surface area contributed by atoms with E-state index in [-0.39, 0.29) is 24.5 Å². The summed E-state index contributed by atoms with van der Waals surface area (Å²) in [7, 11) is 0. The molecule has 3 rings (SSSR count). The van der Waals surface area contributed by atoms with Gasteiger partial charge in [0.05, 0.1) is 12.2 Å². The number of rotatable bonds is 9. The fourth-order valence-corrected chi connectivity index (χ4v) is 3.47. The van der Waals surface area contributed by atoms with E-state index in [4.69, 9.17) is 4.74 Å². The van der Waals surface area contributed by atoms with Crippen LogP contribution in [0.5, 0.6) is 0 Å². The van der Waals surface area contributed by atoms with E-state index >= 15 is 0 Å². The molecule has 0 aliphatic carbocycles. The first-order chi connectivity index (χ1) is 14.6. The van der Waals surface area contributed by atoms with Gasteiger partial charge in [0, 0.05) is 30.5 Å². The molecule has 2 aromatic rings. The summed E-state index contributed by atoms with van der Waals surface area (Å²) in [6.45, 7) is 6.26. The largest absolute Gasteiger partial charge is 0.371 e. The fourth-order valence-electron chi connectivity index (χ4n) is 3.47. The van der Waals surface area contributed by atoms with Crippen LogP contribution in [-0.4, -0.2) is 37.6 Å². The SMILES string of the molecule is CC[C@@H](C)NC(=O)c1cc(NC(=O)COCc2ccccc2)ccc1N1CCCC1. The molecule has 1 aliphatic rings. The van der Waals surface area contributed by atoms with Crippen LogP contribution in [0.2, 0.25) is 0 Å². The summed E-state index contributed by atoms with van der Waals surface area (Å²) in [5.41, 5.74) is 3.14. The van der Waals surface area contributed by atoms with Gasteiger partial charge in [0.2, 0.25) is 5.91 Å². The maximum atomic E-state index is 12.9. The van der Waals surface area contributed by atoms with Crippen molar-refractivity contribution in [1.82, 2.24) is 5.32 Å². The van der Waals surface area contributed by atoms with Crippen molar-refractivity contribution in [1.29, 1.82) is 0 Å². The Kier molecular flexibility index (Phi) is 7.85. The van der Waals surface area contributed by atoms with Crippen molar-refractivity contribution in [2.75, 3.05) is 29.9 Å². The van der Waals surface area contributed by atoms with Gasteiger partial charge in [-0.05, 0) is 49.9 Å². The van der Waals surface area contributed by atoms with Crippen molar-refractivity contribution in [3.8, 4) is 0 Å². The Morgan fingerprint density at radius 2 is 1.83 bits per heavy atom. The second-order valence-electron chi connectivity index (χ2n) is 7.74. The lowest BCUT2D eigenvalue weighted by Crippen LogP contribution is -2.33. The van der Waals surface area contributed by atoms with Gasteiger partial charge in [-0.15, -0.1) is 0 Å². The summed E-state index contributed by atoms with van der Waals surface area (Å²) in [6, 6.07) is 15.4. The summed E-state index contributed by atoms with van der Waals surface area (Å²) in [4.78, 5) is 27.4. The van der Waals surface area contributed by atoms with E-state index in [9.17, 15) is 9.59 Å². The normalized spacial score (nSPS) is 14.4. The molecule has 2 aromatic carbocycles. The molecule has 2 N–H and O–H groups in total. The third-order valence-electron chi connectivity index (χ3n) is 5.31. The first kappa shape index (κ1) is 21.8. The molecule has 0 saturated carbocycles. The molecule has 1 atom stereocenters. The number of anilines is 2. The number of benzene rings is 2. The van der Waals surface area contributed by atoms with Crippen molar-refractivity contribution in [3.05, 3.63) is 59.7 Å². The van der Waals surface area contributed by atoms with Crippen LogP contribution in [0.15, 0.2) is 48.5 Å². The zero-order valence-corrected chi connectivity index (χ0v) is 17.8. The van der Waals surface area contributed by atoms with Gasteiger partial charge in [0.15, 0.2) is 0 Å². The topological polar surface area (TPSA) is 70.7 Å². The number of ether oxygens (including phenoxy) is 1. The van der Waals surface area contributed by atoms with Gasteiger partial charge >= 0.3 is 0 Å². The quantitative estimate of drug-likeness (QED) is 0.657. The van der Waals surface area contributed by atoms with E-state index in [1.165, 1.54) is 0 Å². The van der Waals surface area contributed by atoms with Crippen LogP contribution in [0.1, 0.15) is 49.0 Å². The highest BCUT2D eigenvalue weighted by atomic mass is 16.5. The number of nitrogens with zero attached hydrogens (tertiary/aromatic N) is 1. The predicted octanol–water partition coefficient (Wildman–Crippen LogP) is 3.97. The zero-order chi connectivity index (χ0) is 21.3. The lowest BCUT2D eigenvalue weighted by molar-refractivity contribution is -0.121. The number of carbonyl (C=O) groups excluding carboxylic acids is 2. The van der Waals surface area contributed by atoms with Gasteiger partial charge in [0.1, 0.15) is 6.61 Å². The Bertz CT molecular complexity index is 848. The molecular weight excluding hydrogens is 378 g/mol. The highest BCUT2D eigenvalue weighted by molar-refractivity contribution is 6.02. The van der Waals surface area contributed by atoms with Gasteiger partial charge < -0.3 is 20.3 Å². The molecule has 1 heterocycles. The first-order valence-corrected chi connectivity index (χ1v) is 10.7. The van der Waals surface area contributed by atoms with Crippen molar-refractivity contribution in [2.45, 2.75) is 45.8 Å². The smallest absolute Gasteiger partial charge is 0.253 e.